The first-order valence-corrected chi connectivity index (χ1v) is 9.84. The van der Waals surface area contributed by atoms with Gasteiger partial charge in [0.2, 0.25) is 5.89 Å². The molecule has 0 radical (unpaired) electrons. The number of nitrogens with zero attached hydrogens (tertiary/aromatic N) is 1. The van der Waals surface area contributed by atoms with Crippen molar-refractivity contribution < 1.29 is 9.21 Å². The van der Waals surface area contributed by atoms with Gasteiger partial charge in [-0.15, -0.1) is 0 Å². The average Bonchev–Trinajstić information content (AvgIpc) is 3.09. The Morgan fingerprint density at radius 1 is 1.03 bits per heavy atom. The van der Waals surface area contributed by atoms with Gasteiger partial charge < -0.3 is 9.73 Å². The van der Waals surface area contributed by atoms with Crippen molar-refractivity contribution in [2.24, 2.45) is 0 Å². The first kappa shape index (κ1) is 19.5. The Bertz CT molecular complexity index is 1260. The van der Waals surface area contributed by atoms with Crippen molar-refractivity contribution in [3.8, 4) is 11.5 Å². The van der Waals surface area contributed by atoms with Crippen LogP contribution in [0.4, 0.5) is 5.69 Å². The molecule has 0 fully saturated rings. The smallest absolute Gasteiger partial charge is 0.257 e. The van der Waals surface area contributed by atoms with Gasteiger partial charge in [-0.05, 0) is 67.8 Å². The SMILES string of the molecule is Cc1cc(C)c2oc(-c3cccc(NC(=O)c4cccc(Cl)c4Cl)c3C)nc2c1. The Balaban J connectivity index is 1.72. The number of rotatable bonds is 3. The van der Waals surface area contributed by atoms with E-state index in [0.29, 0.717) is 22.2 Å². The maximum atomic E-state index is 12.7. The van der Waals surface area contributed by atoms with Crippen LogP contribution in [0, 0.1) is 20.8 Å². The van der Waals surface area contributed by atoms with E-state index in [2.05, 4.69) is 16.4 Å². The number of nitrogens with one attached hydrogen (secondary N) is 1. The van der Waals surface area contributed by atoms with Crippen molar-refractivity contribution in [2.75, 3.05) is 5.32 Å². The fourth-order valence-electron chi connectivity index (χ4n) is 3.36. The van der Waals surface area contributed by atoms with Crippen molar-refractivity contribution in [3.63, 3.8) is 0 Å². The number of carbonyl (C=O) groups is 1. The molecule has 0 bridgehead atoms. The molecule has 0 saturated carbocycles. The van der Waals surface area contributed by atoms with Gasteiger partial charge in [-0.1, -0.05) is 41.4 Å². The normalized spacial score (nSPS) is 11.1. The van der Waals surface area contributed by atoms with Crippen molar-refractivity contribution >= 4 is 45.9 Å². The van der Waals surface area contributed by atoms with E-state index < -0.39 is 0 Å². The zero-order chi connectivity index (χ0) is 20.7. The van der Waals surface area contributed by atoms with Gasteiger partial charge in [0.1, 0.15) is 5.52 Å². The van der Waals surface area contributed by atoms with Crippen molar-refractivity contribution in [1.82, 2.24) is 4.98 Å². The summed E-state index contributed by atoms with van der Waals surface area (Å²) in [4.78, 5) is 17.4. The molecule has 0 aliphatic carbocycles. The summed E-state index contributed by atoms with van der Waals surface area (Å²) in [5.74, 6) is 0.185. The monoisotopic (exact) mass is 424 g/mol. The Morgan fingerprint density at radius 2 is 1.79 bits per heavy atom. The minimum absolute atomic E-state index is 0.227. The number of oxazole rings is 1. The van der Waals surface area contributed by atoms with E-state index in [4.69, 9.17) is 27.6 Å². The first-order valence-electron chi connectivity index (χ1n) is 9.08. The summed E-state index contributed by atoms with van der Waals surface area (Å²) in [6, 6.07) is 14.6. The molecule has 3 aromatic carbocycles. The molecular formula is C23H18Cl2N2O2. The number of hydrogen-bond acceptors (Lipinski definition) is 3. The zero-order valence-corrected chi connectivity index (χ0v) is 17.7. The highest BCUT2D eigenvalue weighted by molar-refractivity contribution is 6.44. The topological polar surface area (TPSA) is 55.1 Å². The van der Waals surface area contributed by atoms with E-state index in [1.807, 2.05) is 45.0 Å². The van der Waals surface area contributed by atoms with Crippen molar-refractivity contribution in [3.05, 3.63) is 80.8 Å². The van der Waals surface area contributed by atoms with E-state index >= 15 is 0 Å². The minimum Gasteiger partial charge on any atom is -0.436 e. The molecule has 0 saturated heterocycles. The fraction of sp³-hybridized carbons (Fsp3) is 0.130. The van der Waals surface area contributed by atoms with E-state index in [-0.39, 0.29) is 10.9 Å². The Hall–Kier alpha value is -2.82. The van der Waals surface area contributed by atoms with E-state index in [1.165, 1.54) is 0 Å². The van der Waals surface area contributed by atoms with E-state index in [1.54, 1.807) is 18.2 Å². The van der Waals surface area contributed by atoms with Crippen LogP contribution in [0.5, 0.6) is 0 Å². The number of amides is 1. The fourth-order valence-corrected chi connectivity index (χ4v) is 3.75. The van der Waals surface area contributed by atoms with Crippen LogP contribution in [0.25, 0.3) is 22.6 Å². The second-order valence-electron chi connectivity index (χ2n) is 6.98. The third-order valence-corrected chi connectivity index (χ3v) is 5.65. The maximum Gasteiger partial charge on any atom is 0.257 e. The highest BCUT2D eigenvalue weighted by Crippen LogP contribution is 2.33. The largest absolute Gasteiger partial charge is 0.436 e. The van der Waals surface area contributed by atoms with Gasteiger partial charge in [0, 0.05) is 11.3 Å². The summed E-state index contributed by atoms with van der Waals surface area (Å²) >= 11 is 12.2. The second-order valence-corrected chi connectivity index (χ2v) is 7.77. The van der Waals surface area contributed by atoms with Gasteiger partial charge in [-0.2, -0.15) is 0 Å². The number of benzene rings is 3. The number of halogens is 2. The quantitative estimate of drug-likeness (QED) is 0.385. The lowest BCUT2D eigenvalue weighted by atomic mass is 10.1. The number of aromatic nitrogens is 1. The second kappa shape index (κ2) is 7.54. The Labute approximate surface area is 178 Å². The van der Waals surface area contributed by atoms with Gasteiger partial charge in [-0.25, -0.2) is 4.98 Å². The van der Waals surface area contributed by atoms with Crippen LogP contribution < -0.4 is 5.32 Å². The minimum atomic E-state index is -0.332. The van der Waals surface area contributed by atoms with Gasteiger partial charge in [0.25, 0.3) is 5.91 Å². The van der Waals surface area contributed by atoms with Gasteiger partial charge in [-0.3, -0.25) is 4.79 Å². The highest BCUT2D eigenvalue weighted by atomic mass is 35.5. The molecule has 4 aromatic rings. The lowest BCUT2D eigenvalue weighted by molar-refractivity contribution is 0.102. The molecule has 4 nitrogen and oxygen atoms in total. The molecule has 0 aliphatic rings. The van der Waals surface area contributed by atoms with Crippen LogP contribution in [0.3, 0.4) is 0 Å². The number of anilines is 1. The molecule has 0 aliphatic heterocycles. The summed E-state index contributed by atoms with van der Waals surface area (Å²) in [5.41, 5.74) is 6.38. The van der Waals surface area contributed by atoms with Gasteiger partial charge in [0.05, 0.1) is 15.6 Å². The molecule has 0 atom stereocenters. The molecule has 0 spiro atoms. The summed E-state index contributed by atoms with van der Waals surface area (Å²) in [6.45, 7) is 5.95. The van der Waals surface area contributed by atoms with E-state index in [0.717, 1.165) is 33.4 Å². The standard InChI is InChI=1S/C23H18Cl2N2O2/c1-12-10-13(2)21-19(11-12)27-23(29-21)15-6-5-9-18(14(15)3)26-22(28)16-7-4-8-17(24)20(16)25/h4-11H,1-3H3,(H,26,28). The third kappa shape index (κ3) is 3.61. The van der Waals surface area contributed by atoms with Crippen molar-refractivity contribution in [1.29, 1.82) is 0 Å². The first-order chi connectivity index (χ1) is 13.8. The lowest BCUT2D eigenvalue weighted by Gasteiger charge is -2.12. The molecule has 1 amide bonds. The third-order valence-electron chi connectivity index (χ3n) is 4.83. The summed E-state index contributed by atoms with van der Waals surface area (Å²) in [6.07, 6.45) is 0. The Kier molecular flexibility index (Phi) is 5.07. The van der Waals surface area contributed by atoms with E-state index in [9.17, 15) is 4.79 Å². The summed E-state index contributed by atoms with van der Waals surface area (Å²) in [7, 11) is 0. The van der Waals surface area contributed by atoms with Crippen LogP contribution in [0.2, 0.25) is 10.0 Å². The molecule has 1 heterocycles. The molecule has 29 heavy (non-hydrogen) atoms. The predicted molar refractivity (Wildman–Crippen MR) is 118 cm³/mol. The molecule has 6 heteroatoms. The van der Waals surface area contributed by atoms with Crippen LogP contribution in [-0.2, 0) is 0 Å². The highest BCUT2D eigenvalue weighted by Gasteiger charge is 2.17. The number of carbonyl (C=O) groups excluding carboxylic acids is 1. The Morgan fingerprint density at radius 3 is 2.59 bits per heavy atom. The maximum absolute atomic E-state index is 12.7. The number of fused-ring (bicyclic) bond motifs is 1. The number of aryl methyl sites for hydroxylation is 2. The zero-order valence-electron chi connectivity index (χ0n) is 16.1. The molecule has 146 valence electrons. The molecular weight excluding hydrogens is 407 g/mol. The molecule has 1 aromatic heterocycles. The molecule has 1 N–H and O–H groups in total. The lowest BCUT2D eigenvalue weighted by Crippen LogP contribution is -2.13. The van der Waals surface area contributed by atoms with Crippen LogP contribution >= 0.6 is 23.2 Å². The summed E-state index contributed by atoms with van der Waals surface area (Å²) < 4.78 is 6.04. The van der Waals surface area contributed by atoms with Crippen molar-refractivity contribution in [2.45, 2.75) is 20.8 Å². The molecule has 0 unspecified atom stereocenters. The van der Waals surface area contributed by atoms with Crippen LogP contribution in [0.1, 0.15) is 27.0 Å². The van der Waals surface area contributed by atoms with Gasteiger partial charge >= 0.3 is 0 Å². The molecule has 4 rings (SSSR count). The number of hydrogen-bond donors (Lipinski definition) is 1. The summed E-state index contributed by atoms with van der Waals surface area (Å²) in [5, 5.41) is 3.47. The van der Waals surface area contributed by atoms with Gasteiger partial charge in [0.15, 0.2) is 5.58 Å². The van der Waals surface area contributed by atoms with Crippen LogP contribution in [-0.4, -0.2) is 10.9 Å². The predicted octanol–water partition coefficient (Wildman–Crippen LogP) is 6.98. The van der Waals surface area contributed by atoms with Crippen LogP contribution in [0.15, 0.2) is 52.9 Å². The average molecular weight is 425 g/mol.